The highest BCUT2D eigenvalue weighted by Crippen LogP contribution is 2.41. The number of hydrogen-bond donors (Lipinski definition) is 2. The molecule has 3 nitrogen and oxygen atoms in total. The van der Waals surface area contributed by atoms with Crippen molar-refractivity contribution in [1.29, 1.82) is 0 Å². The van der Waals surface area contributed by atoms with Crippen molar-refractivity contribution in [1.82, 2.24) is 5.32 Å². The summed E-state index contributed by atoms with van der Waals surface area (Å²) in [6, 6.07) is 15.9. The zero-order chi connectivity index (χ0) is 15.6. The first kappa shape index (κ1) is 15.1. The number of aryl methyl sites for hydroxylation is 1. The molecule has 0 unspecified atom stereocenters. The van der Waals surface area contributed by atoms with E-state index in [2.05, 4.69) is 38.7 Å². The fourth-order valence-corrected chi connectivity index (χ4v) is 3.12. The van der Waals surface area contributed by atoms with Crippen LogP contribution in [0.3, 0.4) is 0 Å². The van der Waals surface area contributed by atoms with E-state index >= 15 is 0 Å². The minimum atomic E-state index is -0.213. The third-order valence-electron chi connectivity index (χ3n) is 4.30. The number of halogens is 1. The first-order valence-electron chi connectivity index (χ1n) is 7.50. The van der Waals surface area contributed by atoms with Crippen molar-refractivity contribution in [3.8, 4) is 0 Å². The van der Waals surface area contributed by atoms with Gasteiger partial charge in [0, 0.05) is 10.2 Å². The normalized spacial score (nSPS) is 15.7. The molecule has 0 radical (unpaired) electrons. The zero-order valence-electron chi connectivity index (χ0n) is 12.5. The highest BCUT2D eigenvalue weighted by molar-refractivity contribution is 9.10. The van der Waals surface area contributed by atoms with E-state index in [1.807, 2.05) is 43.3 Å². The van der Waals surface area contributed by atoms with Crippen LogP contribution in [-0.2, 0) is 5.54 Å². The predicted octanol–water partition coefficient (Wildman–Crippen LogP) is 4.96. The van der Waals surface area contributed by atoms with Crippen molar-refractivity contribution < 1.29 is 4.79 Å². The number of rotatable bonds is 3. The molecule has 2 amide bonds. The molecule has 2 aromatic rings. The summed E-state index contributed by atoms with van der Waals surface area (Å²) >= 11 is 3.47. The molecular formula is C18H19BrN2O. The predicted molar refractivity (Wildman–Crippen MR) is 93.0 cm³/mol. The third-order valence-corrected chi connectivity index (χ3v) is 5.19. The van der Waals surface area contributed by atoms with Gasteiger partial charge in [-0.2, -0.15) is 0 Å². The molecule has 0 heterocycles. The zero-order valence-corrected chi connectivity index (χ0v) is 14.1. The van der Waals surface area contributed by atoms with Gasteiger partial charge in [0.05, 0.1) is 5.54 Å². The molecule has 1 aliphatic rings. The van der Waals surface area contributed by atoms with Crippen molar-refractivity contribution in [3.63, 3.8) is 0 Å². The van der Waals surface area contributed by atoms with Crippen LogP contribution in [0.15, 0.2) is 53.0 Å². The molecule has 0 bridgehead atoms. The van der Waals surface area contributed by atoms with E-state index in [1.165, 1.54) is 5.56 Å². The lowest BCUT2D eigenvalue weighted by Gasteiger charge is -2.43. The van der Waals surface area contributed by atoms with Gasteiger partial charge >= 0.3 is 6.03 Å². The molecule has 1 saturated carbocycles. The number of carbonyl (C=O) groups is 1. The van der Waals surface area contributed by atoms with Gasteiger partial charge < -0.3 is 10.6 Å². The van der Waals surface area contributed by atoms with E-state index in [0.717, 1.165) is 35.0 Å². The molecule has 0 aliphatic heterocycles. The quantitative estimate of drug-likeness (QED) is 0.799. The lowest BCUT2D eigenvalue weighted by molar-refractivity contribution is 0.185. The van der Waals surface area contributed by atoms with Crippen molar-refractivity contribution in [2.75, 3.05) is 5.32 Å². The van der Waals surface area contributed by atoms with Crippen LogP contribution in [-0.4, -0.2) is 6.03 Å². The highest BCUT2D eigenvalue weighted by Gasteiger charge is 2.39. The summed E-state index contributed by atoms with van der Waals surface area (Å²) in [6.45, 7) is 2.00. The van der Waals surface area contributed by atoms with E-state index in [9.17, 15) is 4.79 Å². The standard InChI is InChI=1S/C18H19BrN2O/c1-13-12-15(8-9-16(13)19)20-17(22)21-18(10-5-11-18)14-6-3-2-4-7-14/h2-4,6-9,12H,5,10-11H2,1H3,(H2,20,21,22). The summed E-state index contributed by atoms with van der Waals surface area (Å²) in [5.41, 5.74) is 2.87. The van der Waals surface area contributed by atoms with Gasteiger partial charge in [0.1, 0.15) is 0 Å². The van der Waals surface area contributed by atoms with Crippen LogP contribution in [0.2, 0.25) is 0 Å². The lowest BCUT2D eigenvalue weighted by Crippen LogP contribution is -2.52. The summed E-state index contributed by atoms with van der Waals surface area (Å²) < 4.78 is 1.04. The molecule has 114 valence electrons. The Morgan fingerprint density at radius 1 is 1.14 bits per heavy atom. The number of amides is 2. The Labute approximate surface area is 139 Å². The summed E-state index contributed by atoms with van der Waals surface area (Å²) in [5.74, 6) is 0. The van der Waals surface area contributed by atoms with Gasteiger partial charge in [-0.25, -0.2) is 4.79 Å². The van der Waals surface area contributed by atoms with E-state index in [-0.39, 0.29) is 11.6 Å². The molecular weight excluding hydrogens is 340 g/mol. The van der Waals surface area contributed by atoms with Crippen molar-refractivity contribution in [2.24, 2.45) is 0 Å². The van der Waals surface area contributed by atoms with Gasteiger partial charge in [0.15, 0.2) is 0 Å². The maximum Gasteiger partial charge on any atom is 0.319 e. The van der Waals surface area contributed by atoms with Crippen molar-refractivity contribution in [2.45, 2.75) is 31.7 Å². The van der Waals surface area contributed by atoms with Gasteiger partial charge in [-0.05, 0) is 55.5 Å². The molecule has 1 fully saturated rings. The van der Waals surface area contributed by atoms with Crippen molar-refractivity contribution >= 4 is 27.6 Å². The Balaban J connectivity index is 1.71. The second-order valence-corrected chi connectivity index (χ2v) is 6.70. The Morgan fingerprint density at radius 2 is 1.86 bits per heavy atom. The molecule has 4 heteroatoms. The molecule has 1 aliphatic carbocycles. The number of benzene rings is 2. The van der Waals surface area contributed by atoms with E-state index in [4.69, 9.17) is 0 Å². The molecule has 0 atom stereocenters. The van der Waals surface area contributed by atoms with Gasteiger partial charge in [0.25, 0.3) is 0 Å². The Morgan fingerprint density at radius 3 is 2.45 bits per heavy atom. The van der Waals surface area contributed by atoms with Gasteiger partial charge in [0.2, 0.25) is 0 Å². The molecule has 0 aromatic heterocycles. The minimum Gasteiger partial charge on any atom is -0.328 e. The largest absolute Gasteiger partial charge is 0.328 e. The maximum atomic E-state index is 12.4. The van der Waals surface area contributed by atoms with E-state index < -0.39 is 0 Å². The van der Waals surface area contributed by atoms with Gasteiger partial charge in [-0.15, -0.1) is 0 Å². The number of carbonyl (C=O) groups excluding carboxylic acids is 1. The SMILES string of the molecule is Cc1cc(NC(=O)NC2(c3ccccc3)CCC2)ccc1Br. The number of anilines is 1. The van der Waals surface area contributed by atoms with E-state index in [1.54, 1.807) is 0 Å². The first-order chi connectivity index (χ1) is 10.6. The first-order valence-corrected chi connectivity index (χ1v) is 8.29. The minimum absolute atomic E-state index is 0.148. The Bertz CT molecular complexity index is 681. The second kappa shape index (κ2) is 6.13. The lowest BCUT2D eigenvalue weighted by atomic mass is 9.72. The van der Waals surface area contributed by atoms with Crippen LogP contribution in [0.4, 0.5) is 10.5 Å². The van der Waals surface area contributed by atoms with E-state index in [0.29, 0.717) is 0 Å². The fraction of sp³-hybridized carbons (Fsp3) is 0.278. The monoisotopic (exact) mass is 358 g/mol. The summed E-state index contributed by atoms with van der Waals surface area (Å²) in [6.07, 6.45) is 3.13. The Hall–Kier alpha value is -1.81. The van der Waals surface area contributed by atoms with Crippen LogP contribution in [0.5, 0.6) is 0 Å². The van der Waals surface area contributed by atoms with Crippen LogP contribution < -0.4 is 10.6 Å². The Kier molecular flexibility index (Phi) is 4.21. The number of urea groups is 1. The van der Waals surface area contributed by atoms with Gasteiger partial charge in [-0.1, -0.05) is 46.3 Å². The molecule has 3 rings (SSSR count). The third kappa shape index (κ3) is 3.02. The summed E-state index contributed by atoms with van der Waals surface area (Å²) in [4.78, 5) is 12.4. The molecule has 0 saturated heterocycles. The second-order valence-electron chi connectivity index (χ2n) is 5.84. The topological polar surface area (TPSA) is 41.1 Å². The highest BCUT2D eigenvalue weighted by atomic mass is 79.9. The molecule has 22 heavy (non-hydrogen) atoms. The molecule has 2 aromatic carbocycles. The molecule has 2 N–H and O–H groups in total. The van der Waals surface area contributed by atoms with Crippen LogP contribution in [0, 0.1) is 6.92 Å². The average Bonchev–Trinajstić information content (AvgIpc) is 2.48. The number of hydrogen-bond acceptors (Lipinski definition) is 1. The summed E-state index contributed by atoms with van der Waals surface area (Å²) in [7, 11) is 0. The number of nitrogens with one attached hydrogen (secondary N) is 2. The molecule has 0 spiro atoms. The van der Waals surface area contributed by atoms with Crippen molar-refractivity contribution in [3.05, 3.63) is 64.1 Å². The van der Waals surface area contributed by atoms with Crippen LogP contribution >= 0.6 is 15.9 Å². The van der Waals surface area contributed by atoms with Crippen LogP contribution in [0.25, 0.3) is 0 Å². The maximum absolute atomic E-state index is 12.4. The smallest absolute Gasteiger partial charge is 0.319 e. The summed E-state index contributed by atoms with van der Waals surface area (Å²) in [5, 5.41) is 6.10. The average molecular weight is 359 g/mol. The van der Waals surface area contributed by atoms with Gasteiger partial charge in [-0.3, -0.25) is 0 Å². The fourth-order valence-electron chi connectivity index (χ4n) is 2.88. The van der Waals surface area contributed by atoms with Crippen LogP contribution in [0.1, 0.15) is 30.4 Å².